The third-order valence-corrected chi connectivity index (χ3v) is 2.61. The van der Waals surface area contributed by atoms with Gasteiger partial charge in [0.05, 0.1) is 0 Å². The number of nitrogen functional groups attached to an aromatic ring is 1. The van der Waals surface area contributed by atoms with Gasteiger partial charge in [-0.3, -0.25) is 5.41 Å². The maximum atomic E-state index is 7.58. The van der Waals surface area contributed by atoms with Gasteiger partial charge in [-0.1, -0.05) is 32.4 Å². The Labute approximate surface area is 108 Å². The first-order chi connectivity index (χ1) is 7.70. The Morgan fingerprint density at radius 3 is 2.47 bits per heavy atom. The molecule has 3 nitrogen and oxygen atoms in total. The van der Waals surface area contributed by atoms with Crippen LogP contribution < -0.4 is 10.6 Å². The number of rotatable bonds is 3. The van der Waals surface area contributed by atoms with E-state index >= 15 is 0 Å². The van der Waals surface area contributed by atoms with Gasteiger partial charge in [0.25, 0.3) is 0 Å². The molecule has 3 N–H and O–H groups in total. The Kier molecular flexibility index (Phi) is 4.04. The van der Waals surface area contributed by atoms with E-state index in [1.807, 2.05) is 13.1 Å². The number of hydrogen-bond donors (Lipinski definition) is 2. The Bertz CT molecular complexity index is 421. The molecule has 0 saturated carbocycles. The first-order valence-electron chi connectivity index (χ1n) is 5.56. The van der Waals surface area contributed by atoms with Crippen LogP contribution in [0.2, 0.25) is 5.02 Å². The van der Waals surface area contributed by atoms with Crippen molar-refractivity contribution in [3.05, 3.63) is 28.8 Å². The molecule has 17 heavy (non-hydrogen) atoms. The van der Waals surface area contributed by atoms with Crippen molar-refractivity contribution in [3.63, 3.8) is 0 Å². The first kappa shape index (κ1) is 13.8. The van der Waals surface area contributed by atoms with E-state index in [-0.39, 0.29) is 11.3 Å². The van der Waals surface area contributed by atoms with Crippen molar-refractivity contribution in [1.82, 2.24) is 0 Å². The normalized spacial score (nSPS) is 11.4. The average Bonchev–Trinajstić information content (AvgIpc) is 2.14. The fourth-order valence-corrected chi connectivity index (χ4v) is 2.01. The van der Waals surface area contributed by atoms with E-state index < -0.39 is 0 Å². The van der Waals surface area contributed by atoms with Gasteiger partial charge in [-0.05, 0) is 23.6 Å². The number of hydrogen-bond acceptors (Lipinski definition) is 2. The van der Waals surface area contributed by atoms with Crippen molar-refractivity contribution in [1.29, 1.82) is 5.41 Å². The smallest absolute Gasteiger partial charge is 0.124 e. The van der Waals surface area contributed by atoms with E-state index in [0.717, 1.165) is 17.8 Å². The first-order valence-corrected chi connectivity index (χ1v) is 5.93. The fourth-order valence-electron chi connectivity index (χ4n) is 1.85. The second-order valence-electron chi connectivity index (χ2n) is 5.49. The van der Waals surface area contributed by atoms with Crippen molar-refractivity contribution in [2.24, 2.45) is 11.1 Å². The zero-order valence-corrected chi connectivity index (χ0v) is 11.6. The summed E-state index contributed by atoms with van der Waals surface area (Å²) in [6.45, 7) is 7.37. The Hall–Kier alpha value is -1.22. The largest absolute Gasteiger partial charge is 0.384 e. The predicted molar refractivity (Wildman–Crippen MR) is 75.2 cm³/mol. The highest BCUT2D eigenvalue weighted by molar-refractivity contribution is 6.31. The molecule has 1 aromatic carbocycles. The lowest BCUT2D eigenvalue weighted by Crippen LogP contribution is -2.31. The van der Waals surface area contributed by atoms with Crippen LogP contribution in [0, 0.1) is 10.8 Å². The molecule has 0 amide bonds. The van der Waals surface area contributed by atoms with E-state index in [1.54, 1.807) is 12.1 Å². The van der Waals surface area contributed by atoms with Crippen LogP contribution in [-0.4, -0.2) is 19.4 Å². The molecule has 1 rings (SSSR count). The number of halogens is 1. The van der Waals surface area contributed by atoms with Crippen LogP contribution in [0.4, 0.5) is 5.69 Å². The van der Waals surface area contributed by atoms with E-state index in [9.17, 15) is 0 Å². The van der Waals surface area contributed by atoms with Gasteiger partial charge in [0.1, 0.15) is 5.84 Å². The fraction of sp³-hybridized carbons (Fsp3) is 0.462. The van der Waals surface area contributed by atoms with Gasteiger partial charge in [0.2, 0.25) is 0 Å². The number of nitrogens with two attached hydrogens (primary N) is 1. The summed E-state index contributed by atoms with van der Waals surface area (Å²) >= 11 is 6.00. The van der Waals surface area contributed by atoms with Crippen LogP contribution in [-0.2, 0) is 0 Å². The summed E-state index contributed by atoms with van der Waals surface area (Å²) in [6, 6.07) is 5.40. The number of nitrogens with one attached hydrogen (secondary N) is 1. The zero-order chi connectivity index (χ0) is 13.2. The Morgan fingerprint density at radius 2 is 2.00 bits per heavy atom. The quantitative estimate of drug-likeness (QED) is 0.642. The minimum atomic E-state index is 0.0671. The van der Waals surface area contributed by atoms with Gasteiger partial charge in [0.15, 0.2) is 0 Å². The van der Waals surface area contributed by atoms with Gasteiger partial charge in [0, 0.05) is 29.9 Å². The van der Waals surface area contributed by atoms with Crippen LogP contribution in [0.3, 0.4) is 0 Å². The molecule has 0 unspecified atom stereocenters. The SMILES string of the molecule is CN(CC(C)(C)C)c1cc(Cl)ccc1C(=N)N. The van der Waals surface area contributed by atoms with Crippen molar-refractivity contribution >= 4 is 23.1 Å². The molecule has 0 saturated heterocycles. The lowest BCUT2D eigenvalue weighted by atomic mass is 9.95. The molecule has 0 aliphatic heterocycles. The molecule has 0 radical (unpaired) electrons. The molecular formula is C13H20ClN3. The summed E-state index contributed by atoms with van der Waals surface area (Å²) in [7, 11) is 1.99. The molecule has 1 aromatic rings. The van der Waals surface area contributed by atoms with E-state index in [0.29, 0.717) is 5.02 Å². The van der Waals surface area contributed by atoms with Crippen molar-refractivity contribution < 1.29 is 0 Å². The highest BCUT2D eigenvalue weighted by Gasteiger charge is 2.17. The molecule has 4 heteroatoms. The summed E-state index contributed by atoms with van der Waals surface area (Å²) in [5.74, 6) is 0.0671. The molecule has 0 spiro atoms. The summed E-state index contributed by atoms with van der Waals surface area (Å²) in [6.07, 6.45) is 0. The highest BCUT2D eigenvalue weighted by Crippen LogP contribution is 2.26. The van der Waals surface area contributed by atoms with Crippen molar-refractivity contribution in [2.75, 3.05) is 18.5 Å². The van der Waals surface area contributed by atoms with E-state index in [1.165, 1.54) is 0 Å². The summed E-state index contributed by atoms with van der Waals surface area (Å²) in [4.78, 5) is 2.09. The van der Waals surface area contributed by atoms with Gasteiger partial charge in [-0.2, -0.15) is 0 Å². The number of benzene rings is 1. The maximum Gasteiger partial charge on any atom is 0.124 e. The lowest BCUT2D eigenvalue weighted by Gasteiger charge is -2.29. The molecule has 94 valence electrons. The Balaban J connectivity index is 3.10. The van der Waals surface area contributed by atoms with Crippen LogP contribution in [0.1, 0.15) is 26.3 Å². The molecule has 0 aromatic heterocycles. The van der Waals surface area contributed by atoms with Gasteiger partial charge in [-0.15, -0.1) is 0 Å². The lowest BCUT2D eigenvalue weighted by molar-refractivity contribution is 0.419. The number of nitrogens with zero attached hydrogens (tertiary/aromatic N) is 1. The van der Waals surface area contributed by atoms with Crippen LogP contribution in [0.5, 0.6) is 0 Å². The molecule has 0 fully saturated rings. The number of amidine groups is 1. The van der Waals surface area contributed by atoms with Gasteiger partial charge in [-0.25, -0.2) is 0 Å². The minimum Gasteiger partial charge on any atom is -0.384 e. The van der Waals surface area contributed by atoms with Crippen LogP contribution in [0.15, 0.2) is 18.2 Å². The minimum absolute atomic E-state index is 0.0671. The molecular weight excluding hydrogens is 234 g/mol. The second kappa shape index (κ2) is 4.96. The molecule has 0 atom stereocenters. The zero-order valence-electron chi connectivity index (χ0n) is 10.8. The molecule has 0 aliphatic carbocycles. The number of anilines is 1. The third kappa shape index (κ3) is 3.93. The maximum absolute atomic E-state index is 7.58. The van der Waals surface area contributed by atoms with E-state index in [2.05, 4.69) is 25.7 Å². The summed E-state index contributed by atoms with van der Waals surface area (Å²) < 4.78 is 0. The predicted octanol–water partition coefficient (Wildman–Crippen LogP) is 3.11. The van der Waals surface area contributed by atoms with Crippen LogP contribution >= 0.6 is 11.6 Å². The third-order valence-electron chi connectivity index (χ3n) is 2.37. The highest BCUT2D eigenvalue weighted by atomic mass is 35.5. The average molecular weight is 254 g/mol. The van der Waals surface area contributed by atoms with Crippen molar-refractivity contribution in [2.45, 2.75) is 20.8 Å². The van der Waals surface area contributed by atoms with Crippen LogP contribution in [0.25, 0.3) is 0 Å². The van der Waals surface area contributed by atoms with Gasteiger partial charge < -0.3 is 10.6 Å². The van der Waals surface area contributed by atoms with E-state index in [4.69, 9.17) is 22.7 Å². The monoisotopic (exact) mass is 253 g/mol. The standard InChI is InChI=1S/C13H20ClN3/c1-13(2,3)8-17(4)11-7-9(14)5-6-10(11)12(15)16/h5-7H,8H2,1-4H3,(H3,15,16). The van der Waals surface area contributed by atoms with Gasteiger partial charge >= 0.3 is 0 Å². The molecule has 0 bridgehead atoms. The summed E-state index contributed by atoms with van der Waals surface area (Å²) in [5.41, 5.74) is 7.38. The molecule has 0 aliphatic rings. The summed E-state index contributed by atoms with van der Waals surface area (Å²) in [5, 5.41) is 8.24. The second-order valence-corrected chi connectivity index (χ2v) is 5.93. The van der Waals surface area contributed by atoms with Crippen molar-refractivity contribution in [3.8, 4) is 0 Å². The topological polar surface area (TPSA) is 53.1 Å². The molecule has 0 heterocycles. The Morgan fingerprint density at radius 1 is 1.41 bits per heavy atom.